The molecule has 0 aliphatic carbocycles. The van der Waals surface area contributed by atoms with Gasteiger partial charge in [-0.2, -0.15) is 0 Å². The first-order chi connectivity index (χ1) is 8.40. The van der Waals surface area contributed by atoms with Gasteiger partial charge in [-0.3, -0.25) is 0 Å². The van der Waals surface area contributed by atoms with E-state index in [2.05, 4.69) is 4.72 Å². The van der Waals surface area contributed by atoms with Crippen molar-refractivity contribution in [3.05, 3.63) is 28.0 Å². The van der Waals surface area contributed by atoms with Crippen LogP contribution in [0, 0.1) is 5.82 Å². The summed E-state index contributed by atoms with van der Waals surface area (Å²) in [7, 11) is -3.83. The highest BCUT2D eigenvalue weighted by Gasteiger charge is 2.21. The van der Waals surface area contributed by atoms with Crippen LogP contribution in [0.4, 0.5) is 4.39 Å². The summed E-state index contributed by atoms with van der Waals surface area (Å²) in [6.07, 6.45) is 1.28. The smallest absolute Gasteiger partial charge is 0.211 e. The van der Waals surface area contributed by atoms with E-state index in [-0.39, 0.29) is 16.5 Å². The normalized spacial score (nSPS) is 11.8. The molecule has 0 bridgehead atoms. The standard InChI is InChI=1S/C10H11Cl3FNO2S/c11-5-1-2-6-15-18(16,17)8-4-3-7(12)10(14)9(8)13/h3-4,15H,1-2,5-6H2. The summed E-state index contributed by atoms with van der Waals surface area (Å²) < 4.78 is 39.4. The molecule has 0 spiro atoms. The van der Waals surface area contributed by atoms with Gasteiger partial charge in [0, 0.05) is 12.4 Å². The molecule has 18 heavy (non-hydrogen) atoms. The van der Waals surface area contributed by atoms with Gasteiger partial charge in [-0.15, -0.1) is 11.6 Å². The number of benzene rings is 1. The van der Waals surface area contributed by atoms with Gasteiger partial charge in [-0.25, -0.2) is 17.5 Å². The van der Waals surface area contributed by atoms with Gasteiger partial charge in [0.05, 0.1) is 10.0 Å². The molecule has 8 heteroatoms. The summed E-state index contributed by atoms with van der Waals surface area (Å²) in [4.78, 5) is -0.322. The van der Waals surface area contributed by atoms with Crippen molar-refractivity contribution < 1.29 is 12.8 Å². The first-order valence-corrected chi connectivity index (χ1v) is 7.86. The zero-order valence-corrected chi connectivity index (χ0v) is 12.3. The van der Waals surface area contributed by atoms with E-state index in [0.29, 0.717) is 18.7 Å². The first-order valence-electron chi connectivity index (χ1n) is 5.09. The van der Waals surface area contributed by atoms with E-state index in [1.807, 2.05) is 0 Å². The Morgan fingerprint density at radius 2 is 1.89 bits per heavy atom. The van der Waals surface area contributed by atoms with Crippen LogP contribution in [0.25, 0.3) is 0 Å². The van der Waals surface area contributed by atoms with Gasteiger partial charge in [-0.1, -0.05) is 23.2 Å². The first kappa shape index (κ1) is 16.0. The summed E-state index contributed by atoms with van der Waals surface area (Å²) in [5, 5.41) is -0.728. The van der Waals surface area contributed by atoms with Crippen molar-refractivity contribution in [3.63, 3.8) is 0 Å². The molecule has 0 fully saturated rings. The van der Waals surface area contributed by atoms with Crippen molar-refractivity contribution in [1.82, 2.24) is 4.72 Å². The zero-order valence-electron chi connectivity index (χ0n) is 9.22. The second kappa shape index (κ2) is 6.91. The van der Waals surface area contributed by atoms with Crippen LogP contribution in [0.15, 0.2) is 17.0 Å². The molecule has 0 saturated carbocycles. The van der Waals surface area contributed by atoms with Gasteiger partial charge in [0.25, 0.3) is 0 Å². The molecule has 0 amide bonds. The zero-order chi connectivity index (χ0) is 13.8. The fourth-order valence-electron chi connectivity index (χ4n) is 1.22. The molecule has 0 aromatic heterocycles. The Kier molecular flexibility index (Phi) is 6.14. The molecular formula is C10H11Cl3FNO2S. The Morgan fingerprint density at radius 1 is 1.22 bits per heavy atom. The molecule has 102 valence electrons. The molecule has 0 aliphatic rings. The number of hydrogen-bond acceptors (Lipinski definition) is 2. The number of hydrogen-bond donors (Lipinski definition) is 1. The molecule has 1 aromatic rings. The number of nitrogens with one attached hydrogen (secondary N) is 1. The second-order valence-corrected chi connectivity index (χ2v) is 6.37. The van der Waals surface area contributed by atoms with Gasteiger partial charge in [0.1, 0.15) is 4.90 Å². The average Bonchev–Trinajstić information content (AvgIpc) is 2.31. The maximum absolute atomic E-state index is 13.4. The van der Waals surface area contributed by atoms with Gasteiger partial charge < -0.3 is 0 Å². The molecule has 3 nitrogen and oxygen atoms in total. The van der Waals surface area contributed by atoms with Crippen molar-refractivity contribution in [3.8, 4) is 0 Å². The van der Waals surface area contributed by atoms with Crippen LogP contribution in [0.1, 0.15) is 12.8 Å². The molecule has 1 aromatic carbocycles. The number of rotatable bonds is 6. The van der Waals surface area contributed by atoms with E-state index in [1.54, 1.807) is 0 Å². The molecule has 0 unspecified atom stereocenters. The van der Waals surface area contributed by atoms with E-state index in [1.165, 1.54) is 0 Å². The van der Waals surface area contributed by atoms with Crippen LogP contribution in [-0.2, 0) is 10.0 Å². The van der Waals surface area contributed by atoms with Gasteiger partial charge in [0.2, 0.25) is 10.0 Å². The van der Waals surface area contributed by atoms with Crippen LogP contribution in [0.2, 0.25) is 10.0 Å². The number of sulfonamides is 1. The maximum atomic E-state index is 13.4. The maximum Gasteiger partial charge on any atom is 0.242 e. The van der Waals surface area contributed by atoms with Gasteiger partial charge >= 0.3 is 0 Å². The van der Waals surface area contributed by atoms with E-state index >= 15 is 0 Å². The SMILES string of the molecule is O=S(=O)(NCCCCCl)c1ccc(Cl)c(F)c1Cl. The molecule has 0 heterocycles. The van der Waals surface area contributed by atoms with Crippen molar-refractivity contribution in [2.45, 2.75) is 17.7 Å². The van der Waals surface area contributed by atoms with Gasteiger partial charge in [-0.05, 0) is 25.0 Å². The minimum atomic E-state index is -3.83. The summed E-state index contributed by atoms with van der Waals surface area (Å²) in [6.45, 7) is 0.218. The third kappa shape index (κ3) is 3.96. The van der Waals surface area contributed by atoms with Crippen LogP contribution in [0.5, 0.6) is 0 Å². The fraction of sp³-hybridized carbons (Fsp3) is 0.400. The summed E-state index contributed by atoms with van der Waals surface area (Å²) in [5.41, 5.74) is 0. The summed E-state index contributed by atoms with van der Waals surface area (Å²) in [5.74, 6) is -0.486. The molecular weight excluding hydrogens is 324 g/mol. The molecule has 0 aliphatic heterocycles. The summed E-state index contributed by atoms with van der Waals surface area (Å²) >= 11 is 16.6. The third-order valence-electron chi connectivity index (χ3n) is 2.14. The lowest BCUT2D eigenvalue weighted by atomic mass is 10.3. The van der Waals surface area contributed by atoms with E-state index in [0.717, 1.165) is 12.1 Å². The predicted molar refractivity (Wildman–Crippen MR) is 71.6 cm³/mol. The fourth-order valence-corrected chi connectivity index (χ4v) is 3.23. The van der Waals surface area contributed by atoms with Crippen LogP contribution in [0.3, 0.4) is 0 Å². The number of alkyl halides is 1. The van der Waals surface area contributed by atoms with Crippen LogP contribution in [-0.4, -0.2) is 20.8 Å². The van der Waals surface area contributed by atoms with Crippen LogP contribution >= 0.6 is 34.8 Å². The largest absolute Gasteiger partial charge is 0.242 e. The molecule has 0 atom stereocenters. The Hall–Kier alpha value is -0.0700. The van der Waals surface area contributed by atoms with Crippen molar-refractivity contribution >= 4 is 44.8 Å². The van der Waals surface area contributed by atoms with E-state index in [9.17, 15) is 12.8 Å². The van der Waals surface area contributed by atoms with Crippen molar-refractivity contribution in [2.24, 2.45) is 0 Å². The molecule has 0 saturated heterocycles. The minimum absolute atomic E-state index is 0.218. The second-order valence-electron chi connectivity index (χ2n) is 3.47. The Balaban J connectivity index is 2.89. The van der Waals surface area contributed by atoms with Gasteiger partial charge in [0.15, 0.2) is 5.82 Å². The highest BCUT2D eigenvalue weighted by molar-refractivity contribution is 7.89. The molecule has 1 N–H and O–H groups in total. The molecule has 1 rings (SSSR count). The Bertz CT molecular complexity index is 522. The predicted octanol–water partition coefficient (Wildman–Crippen LogP) is 3.43. The Labute approximate surface area is 120 Å². The number of halogens is 4. The Morgan fingerprint density at radius 3 is 2.50 bits per heavy atom. The molecule has 0 radical (unpaired) electrons. The number of unbranched alkanes of at least 4 members (excludes halogenated alkanes) is 1. The lowest BCUT2D eigenvalue weighted by Gasteiger charge is -2.09. The minimum Gasteiger partial charge on any atom is -0.211 e. The highest BCUT2D eigenvalue weighted by atomic mass is 35.5. The van der Waals surface area contributed by atoms with Crippen molar-refractivity contribution in [1.29, 1.82) is 0 Å². The topological polar surface area (TPSA) is 46.2 Å². The lowest BCUT2D eigenvalue weighted by Crippen LogP contribution is -2.25. The summed E-state index contributed by atoms with van der Waals surface area (Å²) in [6, 6.07) is 2.31. The third-order valence-corrected chi connectivity index (χ3v) is 4.69. The quantitative estimate of drug-likeness (QED) is 0.492. The van der Waals surface area contributed by atoms with Crippen molar-refractivity contribution in [2.75, 3.05) is 12.4 Å². The monoisotopic (exact) mass is 333 g/mol. The van der Waals surface area contributed by atoms with Crippen LogP contribution < -0.4 is 4.72 Å². The highest BCUT2D eigenvalue weighted by Crippen LogP contribution is 2.29. The van der Waals surface area contributed by atoms with E-state index < -0.39 is 20.9 Å². The lowest BCUT2D eigenvalue weighted by molar-refractivity contribution is 0.575. The average molecular weight is 335 g/mol. The van der Waals surface area contributed by atoms with E-state index in [4.69, 9.17) is 34.8 Å².